The molecule has 1 aromatic carbocycles. The van der Waals surface area contributed by atoms with E-state index in [-0.39, 0.29) is 0 Å². The Morgan fingerprint density at radius 1 is 1.19 bits per heavy atom. The molecule has 2 bridgehead atoms. The molecule has 2 nitrogen and oxygen atoms in total. The number of rotatable bonds is 0. The summed E-state index contributed by atoms with van der Waals surface area (Å²) in [5, 5.41) is 5.18. The zero-order valence-electron chi connectivity index (χ0n) is 12.8. The van der Waals surface area contributed by atoms with Crippen LogP contribution >= 0.6 is 0 Å². The third-order valence-electron chi connectivity index (χ3n) is 6.73. The maximum absolute atomic E-state index is 4.64. The van der Waals surface area contributed by atoms with E-state index in [0.29, 0.717) is 11.5 Å². The van der Waals surface area contributed by atoms with Gasteiger partial charge in [-0.2, -0.15) is 0 Å². The van der Waals surface area contributed by atoms with Crippen molar-refractivity contribution in [3.05, 3.63) is 36.0 Å². The highest BCUT2D eigenvalue weighted by molar-refractivity contribution is 5.92. The minimum atomic E-state index is 0.531. The molecule has 0 amide bonds. The molecular weight excluding hydrogens is 256 g/mol. The summed E-state index contributed by atoms with van der Waals surface area (Å²) in [6, 6.07) is 9.40. The normalized spacial score (nSPS) is 35.3. The standard InChI is InChI=1S/C19H22N2/c1-19(2)14-9-13-8-12-6-5-11-4-3-7-20-17(11)18(12)21-16(13)15(19)10-14/h3-7,13-16,21H,8-10H2,1-2H3/t13-,14+,15+,16-/m1/s1. The lowest BCUT2D eigenvalue weighted by molar-refractivity contribution is -0.0998. The van der Waals surface area contributed by atoms with Crippen LogP contribution in [0.25, 0.3) is 10.9 Å². The summed E-state index contributed by atoms with van der Waals surface area (Å²) in [6.07, 6.45) is 5.98. The Morgan fingerprint density at radius 3 is 2.95 bits per heavy atom. The number of hydrogen-bond acceptors (Lipinski definition) is 2. The van der Waals surface area contributed by atoms with Crippen molar-refractivity contribution in [2.75, 3.05) is 5.32 Å². The van der Waals surface area contributed by atoms with E-state index in [1.54, 1.807) is 0 Å². The van der Waals surface area contributed by atoms with Crippen molar-refractivity contribution in [3.8, 4) is 0 Å². The summed E-state index contributed by atoms with van der Waals surface area (Å²) >= 11 is 0. The molecule has 6 rings (SSSR count). The van der Waals surface area contributed by atoms with Crippen LogP contribution in [-0.2, 0) is 6.42 Å². The molecule has 1 aromatic heterocycles. The molecule has 1 aliphatic heterocycles. The topological polar surface area (TPSA) is 24.9 Å². The van der Waals surface area contributed by atoms with Gasteiger partial charge in [0.05, 0.1) is 11.2 Å². The van der Waals surface area contributed by atoms with E-state index in [9.17, 15) is 0 Å². The second-order valence-electron chi connectivity index (χ2n) is 7.91. The van der Waals surface area contributed by atoms with Crippen LogP contribution in [0, 0.1) is 23.2 Å². The van der Waals surface area contributed by atoms with E-state index >= 15 is 0 Å². The number of fused-ring (bicyclic) bond motifs is 3. The van der Waals surface area contributed by atoms with Crippen molar-refractivity contribution in [2.24, 2.45) is 23.2 Å². The highest BCUT2D eigenvalue weighted by atomic mass is 15.0. The van der Waals surface area contributed by atoms with Gasteiger partial charge in [0.2, 0.25) is 0 Å². The molecule has 0 spiro atoms. The van der Waals surface area contributed by atoms with E-state index in [1.807, 2.05) is 12.3 Å². The SMILES string of the molecule is CC1(C)[C@H]2C[C@H]3Cc4ccc5cccnc5c4N[C@H]3[C@@H]1C2. The number of benzene rings is 1. The molecule has 0 unspecified atom stereocenters. The third-order valence-corrected chi connectivity index (χ3v) is 6.73. The largest absolute Gasteiger partial charge is 0.380 e. The highest BCUT2D eigenvalue weighted by Crippen LogP contribution is 2.62. The molecule has 0 radical (unpaired) electrons. The van der Waals surface area contributed by atoms with Gasteiger partial charge in [0.15, 0.2) is 0 Å². The van der Waals surface area contributed by atoms with Gasteiger partial charge < -0.3 is 5.32 Å². The van der Waals surface area contributed by atoms with Crippen LogP contribution in [0.2, 0.25) is 0 Å². The summed E-state index contributed by atoms with van der Waals surface area (Å²) in [6.45, 7) is 4.95. The maximum Gasteiger partial charge on any atom is 0.0936 e. The van der Waals surface area contributed by atoms with Crippen LogP contribution in [0.5, 0.6) is 0 Å². The van der Waals surface area contributed by atoms with Crippen LogP contribution in [0.4, 0.5) is 5.69 Å². The van der Waals surface area contributed by atoms with Crippen LogP contribution in [0.1, 0.15) is 32.3 Å². The number of anilines is 1. The smallest absolute Gasteiger partial charge is 0.0936 e. The summed E-state index contributed by atoms with van der Waals surface area (Å²) in [5.41, 5.74) is 4.48. The van der Waals surface area contributed by atoms with Gasteiger partial charge in [-0.15, -0.1) is 0 Å². The molecule has 2 heterocycles. The third kappa shape index (κ3) is 1.46. The van der Waals surface area contributed by atoms with E-state index in [4.69, 9.17) is 0 Å². The van der Waals surface area contributed by atoms with Gasteiger partial charge in [-0.1, -0.05) is 32.0 Å². The molecular formula is C19H22N2. The summed E-state index contributed by atoms with van der Waals surface area (Å²) < 4.78 is 0. The van der Waals surface area contributed by atoms with E-state index < -0.39 is 0 Å². The van der Waals surface area contributed by atoms with Crippen LogP contribution in [-0.4, -0.2) is 11.0 Å². The predicted octanol–water partition coefficient (Wildman–Crippen LogP) is 4.25. The van der Waals surface area contributed by atoms with Gasteiger partial charge >= 0.3 is 0 Å². The number of aromatic nitrogens is 1. The Hall–Kier alpha value is -1.57. The quantitative estimate of drug-likeness (QED) is 0.779. The maximum atomic E-state index is 4.64. The fraction of sp³-hybridized carbons (Fsp3) is 0.526. The van der Waals surface area contributed by atoms with Crippen molar-refractivity contribution < 1.29 is 0 Å². The molecule has 2 heteroatoms. The second kappa shape index (κ2) is 3.79. The first-order valence-corrected chi connectivity index (χ1v) is 8.28. The lowest BCUT2D eigenvalue weighted by Crippen LogP contribution is -2.61. The Labute approximate surface area is 126 Å². The molecule has 4 aliphatic rings. The Bertz CT molecular complexity index is 733. The van der Waals surface area contributed by atoms with Crippen molar-refractivity contribution >= 4 is 16.6 Å². The molecule has 0 saturated heterocycles. The summed E-state index contributed by atoms with van der Waals surface area (Å²) in [5.74, 6) is 2.62. The Kier molecular flexibility index (Phi) is 2.17. The fourth-order valence-corrected chi connectivity index (χ4v) is 5.30. The zero-order chi connectivity index (χ0) is 14.2. The van der Waals surface area contributed by atoms with Gasteiger partial charge in [-0.25, -0.2) is 0 Å². The van der Waals surface area contributed by atoms with Gasteiger partial charge in [0, 0.05) is 17.6 Å². The van der Waals surface area contributed by atoms with Crippen molar-refractivity contribution in [1.29, 1.82) is 0 Å². The monoisotopic (exact) mass is 278 g/mol. The molecule has 1 N–H and O–H groups in total. The van der Waals surface area contributed by atoms with E-state index in [1.165, 1.54) is 35.9 Å². The van der Waals surface area contributed by atoms with Crippen LogP contribution in [0.3, 0.4) is 0 Å². The summed E-state index contributed by atoms with van der Waals surface area (Å²) in [7, 11) is 0. The first kappa shape index (κ1) is 12.0. The number of nitrogens with one attached hydrogen (secondary N) is 1. The lowest BCUT2D eigenvalue weighted by atomic mass is 9.44. The number of pyridine rings is 1. The molecule has 3 fully saturated rings. The first-order valence-electron chi connectivity index (χ1n) is 8.28. The fourth-order valence-electron chi connectivity index (χ4n) is 5.30. The minimum absolute atomic E-state index is 0.531. The lowest BCUT2D eigenvalue weighted by Gasteiger charge is -2.63. The number of nitrogens with zero attached hydrogens (tertiary/aromatic N) is 1. The number of hydrogen-bond donors (Lipinski definition) is 1. The second-order valence-corrected chi connectivity index (χ2v) is 7.91. The van der Waals surface area contributed by atoms with Gasteiger partial charge in [-0.05, 0) is 54.1 Å². The van der Waals surface area contributed by atoms with Crippen LogP contribution < -0.4 is 5.32 Å². The summed E-state index contributed by atoms with van der Waals surface area (Å²) in [4.78, 5) is 4.64. The first-order chi connectivity index (χ1) is 10.1. The molecule has 21 heavy (non-hydrogen) atoms. The van der Waals surface area contributed by atoms with Crippen molar-refractivity contribution in [2.45, 2.75) is 39.2 Å². The van der Waals surface area contributed by atoms with Gasteiger partial charge in [0.25, 0.3) is 0 Å². The highest BCUT2D eigenvalue weighted by Gasteiger charge is 2.58. The average Bonchev–Trinajstić information content (AvgIpc) is 2.52. The van der Waals surface area contributed by atoms with E-state index in [2.05, 4.69) is 42.3 Å². The van der Waals surface area contributed by atoms with Gasteiger partial charge in [-0.3, -0.25) is 4.98 Å². The molecule has 108 valence electrons. The zero-order valence-corrected chi connectivity index (χ0v) is 12.8. The van der Waals surface area contributed by atoms with E-state index in [0.717, 1.165) is 23.3 Å². The van der Waals surface area contributed by atoms with Crippen LogP contribution in [0.15, 0.2) is 30.5 Å². The predicted molar refractivity (Wildman–Crippen MR) is 86.3 cm³/mol. The Morgan fingerprint density at radius 2 is 2.10 bits per heavy atom. The Balaban J connectivity index is 1.62. The minimum Gasteiger partial charge on any atom is -0.380 e. The van der Waals surface area contributed by atoms with Gasteiger partial charge in [0.1, 0.15) is 0 Å². The average molecular weight is 278 g/mol. The molecule has 3 saturated carbocycles. The van der Waals surface area contributed by atoms with Crippen molar-refractivity contribution in [1.82, 2.24) is 4.98 Å². The molecule has 4 atom stereocenters. The van der Waals surface area contributed by atoms with Crippen molar-refractivity contribution in [3.63, 3.8) is 0 Å². The molecule has 2 aromatic rings. The molecule has 3 aliphatic carbocycles.